The zero-order valence-corrected chi connectivity index (χ0v) is 7.16. The van der Waals surface area contributed by atoms with Crippen molar-refractivity contribution in [1.29, 1.82) is 5.41 Å². The molecule has 0 saturated heterocycles. The number of hydrogen-bond acceptors (Lipinski definition) is 4. The van der Waals surface area contributed by atoms with Crippen LogP contribution in [0.5, 0.6) is 0 Å². The van der Waals surface area contributed by atoms with E-state index in [1.807, 2.05) is 0 Å². The Kier molecular flexibility index (Phi) is 2.59. The average molecular weight is 178 g/mol. The number of carbonyl (C=O) groups excluding carboxylic acids is 1. The van der Waals surface area contributed by atoms with Gasteiger partial charge in [-0.25, -0.2) is 0 Å². The zero-order chi connectivity index (χ0) is 9.84. The third-order valence-electron chi connectivity index (χ3n) is 1.48. The number of anilines is 2. The summed E-state index contributed by atoms with van der Waals surface area (Å²) in [4.78, 5) is 14.5. The van der Waals surface area contributed by atoms with E-state index in [0.29, 0.717) is 16.9 Å². The van der Waals surface area contributed by atoms with Gasteiger partial charge in [0.2, 0.25) is 5.91 Å². The van der Waals surface area contributed by atoms with E-state index in [1.54, 1.807) is 0 Å². The van der Waals surface area contributed by atoms with Crippen molar-refractivity contribution >= 4 is 23.5 Å². The second-order valence-electron chi connectivity index (χ2n) is 2.52. The van der Waals surface area contributed by atoms with Crippen LogP contribution in [0.25, 0.3) is 0 Å². The summed E-state index contributed by atoms with van der Waals surface area (Å²) in [5, 5.41) is 9.52. The number of nitrogens with two attached hydrogens (primary N) is 1. The van der Waals surface area contributed by atoms with Gasteiger partial charge in [-0.1, -0.05) is 0 Å². The van der Waals surface area contributed by atoms with Gasteiger partial charge in [-0.05, 0) is 0 Å². The Balaban J connectivity index is 3.07. The Morgan fingerprint density at radius 1 is 1.69 bits per heavy atom. The predicted molar refractivity (Wildman–Crippen MR) is 50.8 cm³/mol. The van der Waals surface area contributed by atoms with Crippen molar-refractivity contribution < 1.29 is 4.79 Å². The molecule has 0 spiro atoms. The van der Waals surface area contributed by atoms with Crippen LogP contribution in [-0.4, -0.2) is 17.1 Å². The third kappa shape index (κ3) is 2.02. The van der Waals surface area contributed by atoms with Crippen LogP contribution >= 0.6 is 0 Å². The first-order chi connectivity index (χ1) is 6.15. The van der Waals surface area contributed by atoms with Crippen molar-refractivity contribution in [3.63, 3.8) is 0 Å². The van der Waals surface area contributed by atoms with Crippen molar-refractivity contribution in [3.8, 4) is 0 Å². The summed E-state index contributed by atoms with van der Waals surface area (Å²) in [5.74, 6) is -0.212. The van der Waals surface area contributed by atoms with E-state index in [0.717, 1.165) is 6.21 Å². The van der Waals surface area contributed by atoms with Crippen LogP contribution in [0.2, 0.25) is 0 Å². The number of nitrogen functional groups attached to an aromatic ring is 1. The Bertz CT molecular complexity index is 348. The maximum Gasteiger partial charge on any atom is 0.221 e. The Morgan fingerprint density at radius 2 is 2.38 bits per heavy atom. The number of hydrogen-bond donors (Lipinski definition) is 3. The molecule has 0 saturated carbocycles. The molecular weight excluding hydrogens is 168 g/mol. The first-order valence-corrected chi connectivity index (χ1v) is 3.66. The summed E-state index contributed by atoms with van der Waals surface area (Å²) < 4.78 is 0. The molecule has 0 aliphatic heterocycles. The summed E-state index contributed by atoms with van der Waals surface area (Å²) in [6.45, 7) is 1.39. The van der Waals surface area contributed by atoms with Crippen LogP contribution < -0.4 is 11.1 Å². The minimum Gasteiger partial charge on any atom is -0.396 e. The van der Waals surface area contributed by atoms with Gasteiger partial charge in [0.1, 0.15) is 0 Å². The number of nitrogens with one attached hydrogen (secondary N) is 2. The maximum atomic E-state index is 10.7. The molecule has 0 aliphatic carbocycles. The first-order valence-electron chi connectivity index (χ1n) is 3.66. The third-order valence-corrected chi connectivity index (χ3v) is 1.48. The van der Waals surface area contributed by atoms with Gasteiger partial charge in [0.25, 0.3) is 0 Å². The van der Waals surface area contributed by atoms with Gasteiger partial charge < -0.3 is 16.5 Å². The van der Waals surface area contributed by atoms with Gasteiger partial charge >= 0.3 is 0 Å². The van der Waals surface area contributed by atoms with E-state index >= 15 is 0 Å². The van der Waals surface area contributed by atoms with Crippen molar-refractivity contribution in [1.82, 2.24) is 4.98 Å². The van der Waals surface area contributed by atoms with Crippen molar-refractivity contribution in [2.75, 3.05) is 11.1 Å². The SMILES string of the molecule is CC(=O)Nc1cncc(C=N)c1N. The van der Waals surface area contributed by atoms with E-state index in [2.05, 4.69) is 10.3 Å². The number of carbonyl (C=O) groups is 1. The monoisotopic (exact) mass is 178 g/mol. The maximum absolute atomic E-state index is 10.7. The summed E-state index contributed by atoms with van der Waals surface area (Å²) in [7, 11) is 0. The molecule has 4 N–H and O–H groups in total. The molecule has 0 radical (unpaired) electrons. The summed E-state index contributed by atoms with van der Waals surface area (Å²) in [6.07, 6.45) is 4.00. The minimum absolute atomic E-state index is 0.212. The van der Waals surface area contributed by atoms with E-state index in [1.165, 1.54) is 19.3 Å². The summed E-state index contributed by atoms with van der Waals surface area (Å²) >= 11 is 0. The molecule has 0 atom stereocenters. The molecule has 0 unspecified atom stereocenters. The minimum atomic E-state index is -0.212. The highest BCUT2D eigenvalue weighted by Crippen LogP contribution is 2.19. The van der Waals surface area contributed by atoms with Gasteiger partial charge in [-0.15, -0.1) is 0 Å². The molecule has 5 heteroatoms. The predicted octanol–water partition coefficient (Wildman–Crippen LogP) is 0.620. The van der Waals surface area contributed by atoms with E-state index < -0.39 is 0 Å². The van der Waals surface area contributed by atoms with E-state index in [9.17, 15) is 4.79 Å². The zero-order valence-electron chi connectivity index (χ0n) is 7.16. The van der Waals surface area contributed by atoms with Crippen molar-refractivity contribution in [2.45, 2.75) is 6.92 Å². The number of rotatable bonds is 2. The first kappa shape index (κ1) is 9.18. The van der Waals surface area contributed by atoms with E-state index in [4.69, 9.17) is 11.1 Å². The number of amides is 1. The Labute approximate surface area is 75.5 Å². The molecule has 0 aromatic carbocycles. The standard InChI is InChI=1S/C8H10N4O/c1-5(13)12-7-4-11-3-6(2-9)8(7)10/h2-4,9H,1H3,(H2,10,11)(H,12,13). The molecule has 1 rings (SSSR count). The smallest absolute Gasteiger partial charge is 0.221 e. The molecule has 68 valence electrons. The largest absolute Gasteiger partial charge is 0.396 e. The Hall–Kier alpha value is -1.91. The summed E-state index contributed by atoms with van der Waals surface area (Å²) in [6, 6.07) is 0. The van der Waals surface area contributed by atoms with Crippen LogP contribution in [0, 0.1) is 5.41 Å². The second-order valence-corrected chi connectivity index (χ2v) is 2.52. The van der Waals surface area contributed by atoms with Crippen LogP contribution in [0.4, 0.5) is 11.4 Å². The van der Waals surface area contributed by atoms with Crippen LogP contribution in [-0.2, 0) is 4.79 Å². The van der Waals surface area contributed by atoms with Crippen molar-refractivity contribution in [2.24, 2.45) is 0 Å². The number of nitrogens with zero attached hydrogens (tertiary/aromatic N) is 1. The normalized spacial score (nSPS) is 9.31. The van der Waals surface area contributed by atoms with Crippen LogP contribution in [0.1, 0.15) is 12.5 Å². The van der Waals surface area contributed by atoms with Crippen molar-refractivity contribution in [3.05, 3.63) is 18.0 Å². The molecule has 1 heterocycles. The molecule has 0 fully saturated rings. The van der Waals surface area contributed by atoms with Gasteiger partial charge in [0, 0.05) is 24.9 Å². The second kappa shape index (κ2) is 3.66. The van der Waals surface area contributed by atoms with Gasteiger partial charge in [-0.2, -0.15) is 0 Å². The molecule has 1 amide bonds. The fourth-order valence-corrected chi connectivity index (χ4v) is 0.891. The molecule has 0 bridgehead atoms. The highest BCUT2D eigenvalue weighted by Gasteiger charge is 2.04. The van der Waals surface area contributed by atoms with Gasteiger partial charge in [0.05, 0.1) is 17.6 Å². The Morgan fingerprint density at radius 3 is 2.92 bits per heavy atom. The molecule has 0 aliphatic rings. The lowest BCUT2D eigenvalue weighted by Crippen LogP contribution is -2.09. The fourth-order valence-electron chi connectivity index (χ4n) is 0.891. The fraction of sp³-hybridized carbons (Fsp3) is 0.125. The topological polar surface area (TPSA) is 91.9 Å². The van der Waals surface area contributed by atoms with Gasteiger partial charge in [0.15, 0.2) is 0 Å². The quantitative estimate of drug-likeness (QED) is 0.579. The molecule has 5 nitrogen and oxygen atoms in total. The highest BCUT2D eigenvalue weighted by atomic mass is 16.1. The number of pyridine rings is 1. The molecule has 13 heavy (non-hydrogen) atoms. The molecule has 1 aromatic heterocycles. The van der Waals surface area contributed by atoms with Crippen LogP contribution in [0.3, 0.4) is 0 Å². The van der Waals surface area contributed by atoms with Crippen LogP contribution in [0.15, 0.2) is 12.4 Å². The van der Waals surface area contributed by atoms with Gasteiger partial charge in [-0.3, -0.25) is 9.78 Å². The molecular formula is C8H10N4O. The summed E-state index contributed by atoms with van der Waals surface area (Å²) in [5.41, 5.74) is 6.93. The lowest BCUT2D eigenvalue weighted by Gasteiger charge is -2.06. The lowest BCUT2D eigenvalue weighted by molar-refractivity contribution is -0.114. The highest BCUT2D eigenvalue weighted by molar-refractivity contribution is 5.96. The lowest BCUT2D eigenvalue weighted by atomic mass is 10.2. The molecule has 1 aromatic rings. The number of aromatic nitrogens is 1. The average Bonchev–Trinajstić information content (AvgIpc) is 2.08. The van der Waals surface area contributed by atoms with E-state index in [-0.39, 0.29) is 5.91 Å².